The van der Waals surface area contributed by atoms with Crippen LogP contribution in [0.5, 0.6) is 23.0 Å². The van der Waals surface area contributed by atoms with Crippen LogP contribution in [0, 0.1) is 11.8 Å². The SMILES string of the molecule is COC(=O)c1cc(O)c(=O)c2c(O)c(O)c(O[C@@H]3O[C@H](COC(C)=O)[C@H](C)[C@H](C)[C@H]3OC(C)=O)cc2c1. The zero-order valence-electron chi connectivity index (χ0n) is 20.8. The molecule has 3 rings (SSSR count). The zero-order chi connectivity index (χ0) is 27.6. The van der Waals surface area contributed by atoms with Crippen LogP contribution < -0.4 is 10.2 Å². The molecule has 5 atom stereocenters. The topological polar surface area (TPSA) is 175 Å². The van der Waals surface area contributed by atoms with Crippen molar-refractivity contribution in [3.8, 4) is 23.0 Å². The molecule has 1 heterocycles. The third-order valence-electron chi connectivity index (χ3n) is 6.26. The highest BCUT2D eigenvalue weighted by Crippen LogP contribution is 2.43. The first-order valence-electron chi connectivity index (χ1n) is 11.3. The molecule has 3 N–H and O–H groups in total. The largest absolute Gasteiger partial charge is 0.504 e. The first kappa shape index (κ1) is 27.5. The minimum absolute atomic E-state index is 0.0753. The fourth-order valence-corrected chi connectivity index (χ4v) is 4.11. The van der Waals surface area contributed by atoms with Crippen LogP contribution in [0.15, 0.2) is 23.0 Å². The van der Waals surface area contributed by atoms with Crippen LogP contribution in [0.1, 0.15) is 38.1 Å². The number of carbonyl (C=O) groups is 3. The van der Waals surface area contributed by atoms with E-state index >= 15 is 0 Å². The Hall–Kier alpha value is -4.06. The van der Waals surface area contributed by atoms with Gasteiger partial charge in [-0.25, -0.2) is 4.79 Å². The number of hydrogen-bond donors (Lipinski definition) is 3. The van der Waals surface area contributed by atoms with Crippen molar-refractivity contribution in [2.24, 2.45) is 11.8 Å². The molecule has 0 spiro atoms. The van der Waals surface area contributed by atoms with E-state index in [4.69, 9.17) is 18.9 Å². The monoisotopic (exact) mass is 520 g/mol. The number of aromatic hydroxyl groups is 3. The molecular weight excluding hydrogens is 492 g/mol. The number of phenolic OH excluding ortho intramolecular Hbond substituents is 2. The summed E-state index contributed by atoms with van der Waals surface area (Å²) in [5.41, 5.74) is -1.26. The summed E-state index contributed by atoms with van der Waals surface area (Å²) in [4.78, 5) is 47.9. The molecule has 1 aliphatic heterocycles. The summed E-state index contributed by atoms with van der Waals surface area (Å²) >= 11 is 0. The number of esters is 3. The second-order valence-electron chi connectivity index (χ2n) is 8.74. The van der Waals surface area contributed by atoms with E-state index in [1.54, 1.807) is 6.92 Å². The fraction of sp³-hybridized carbons (Fsp3) is 0.440. The molecule has 0 amide bonds. The van der Waals surface area contributed by atoms with Gasteiger partial charge >= 0.3 is 17.9 Å². The minimum Gasteiger partial charge on any atom is -0.504 e. The Bertz CT molecular complexity index is 1280. The molecule has 12 heteroatoms. The van der Waals surface area contributed by atoms with Crippen molar-refractivity contribution >= 4 is 28.7 Å². The number of methoxy groups -OCH3 is 1. The van der Waals surface area contributed by atoms with E-state index in [9.17, 15) is 34.5 Å². The van der Waals surface area contributed by atoms with E-state index in [0.717, 1.165) is 25.3 Å². The number of benzene rings is 1. The zero-order valence-corrected chi connectivity index (χ0v) is 20.8. The Balaban J connectivity index is 2.12. The Morgan fingerprint density at radius 2 is 1.65 bits per heavy atom. The van der Waals surface area contributed by atoms with Crippen LogP contribution in [-0.2, 0) is 28.5 Å². The second-order valence-corrected chi connectivity index (χ2v) is 8.74. The first-order valence-corrected chi connectivity index (χ1v) is 11.3. The lowest BCUT2D eigenvalue weighted by atomic mass is 9.83. The van der Waals surface area contributed by atoms with Gasteiger partial charge < -0.3 is 39.0 Å². The molecule has 0 aliphatic carbocycles. The van der Waals surface area contributed by atoms with Gasteiger partial charge in [-0.15, -0.1) is 0 Å². The molecule has 0 unspecified atom stereocenters. The molecule has 0 bridgehead atoms. The van der Waals surface area contributed by atoms with Crippen molar-refractivity contribution in [2.75, 3.05) is 13.7 Å². The Labute approximate surface area is 211 Å². The van der Waals surface area contributed by atoms with Crippen molar-refractivity contribution in [1.82, 2.24) is 0 Å². The summed E-state index contributed by atoms with van der Waals surface area (Å²) < 4.78 is 26.9. The summed E-state index contributed by atoms with van der Waals surface area (Å²) in [6.45, 7) is 5.94. The van der Waals surface area contributed by atoms with Gasteiger partial charge in [0.2, 0.25) is 17.5 Å². The third kappa shape index (κ3) is 5.69. The number of carbonyl (C=O) groups excluding carboxylic acids is 3. The van der Waals surface area contributed by atoms with Crippen LogP contribution in [-0.4, -0.2) is 65.4 Å². The van der Waals surface area contributed by atoms with Gasteiger partial charge in [-0.1, -0.05) is 13.8 Å². The average molecular weight is 520 g/mol. The minimum atomic E-state index is -1.32. The Kier molecular flexibility index (Phi) is 8.12. The Morgan fingerprint density at radius 1 is 0.973 bits per heavy atom. The maximum Gasteiger partial charge on any atom is 0.338 e. The van der Waals surface area contributed by atoms with Crippen molar-refractivity contribution < 1.29 is 53.4 Å². The predicted molar refractivity (Wildman–Crippen MR) is 126 cm³/mol. The van der Waals surface area contributed by atoms with E-state index in [1.807, 2.05) is 6.92 Å². The number of phenols is 2. The van der Waals surface area contributed by atoms with Crippen LogP contribution >= 0.6 is 0 Å². The predicted octanol–water partition coefficient (Wildman–Crippen LogP) is 1.97. The van der Waals surface area contributed by atoms with Crippen LogP contribution in [0.3, 0.4) is 0 Å². The number of ether oxygens (including phenoxy) is 5. The van der Waals surface area contributed by atoms with Gasteiger partial charge in [-0.05, 0) is 29.5 Å². The molecule has 12 nitrogen and oxygen atoms in total. The van der Waals surface area contributed by atoms with Gasteiger partial charge in [0, 0.05) is 19.8 Å². The van der Waals surface area contributed by atoms with Crippen molar-refractivity contribution in [3.05, 3.63) is 34.0 Å². The second kappa shape index (κ2) is 10.9. The molecule has 2 aromatic carbocycles. The maximum absolute atomic E-state index is 12.7. The molecule has 0 saturated carbocycles. The van der Waals surface area contributed by atoms with Gasteiger partial charge in [0.1, 0.15) is 6.61 Å². The molecule has 1 aliphatic rings. The molecule has 37 heavy (non-hydrogen) atoms. The van der Waals surface area contributed by atoms with Gasteiger partial charge in [0.25, 0.3) is 0 Å². The number of rotatable bonds is 6. The van der Waals surface area contributed by atoms with Crippen molar-refractivity contribution in [2.45, 2.75) is 46.2 Å². The molecule has 200 valence electrons. The van der Waals surface area contributed by atoms with E-state index in [1.165, 1.54) is 13.8 Å². The first-order chi connectivity index (χ1) is 17.3. The quantitative estimate of drug-likeness (QED) is 0.287. The summed E-state index contributed by atoms with van der Waals surface area (Å²) in [6.07, 6.45) is -2.95. The average Bonchev–Trinajstić information content (AvgIpc) is 2.96. The van der Waals surface area contributed by atoms with Gasteiger partial charge in [0.05, 0.1) is 24.2 Å². The van der Waals surface area contributed by atoms with E-state index in [0.29, 0.717) is 0 Å². The van der Waals surface area contributed by atoms with Crippen molar-refractivity contribution in [1.29, 1.82) is 0 Å². The lowest BCUT2D eigenvalue weighted by molar-refractivity contribution is -0.253. The van der Waals surface area contributed by atoms with Gasteiger partial charge in [-0.2, -0.15) is 0 Å². The highest BCUT2D eigenvalue weighted by Gasteiger charge is 2.45. The lowest BCUT2D eigenvalue weighted by Crippen LogP contribution is -2.54. The van der Waals surface area contributed by atoms with Crippen LogP contribution in [0.25, 0.3) is 10.8 Å². The smallest absolute Gasteiger partial charge is 0.338 e. The van der Waals surface area contributed by atoms with Crippen molar-refractivity contribution in [3.63, 3.8) is 0 Å². The summed E-state index contributed by atoms with van der Waals surface area (Å²) in [6, 6.07) is 3.18. The molecule has 0 radical (unpaired) electrons. The Morgan fingerprint density at radius 3 is 2.24 bits per heavy atom. The molecule has 1 fully saturated rings. The number of fused-ring (bicyclic) bond motifs is 1. The summed E-state index contributed by atoms with van der Waals surface area (Å²) in [5.74, 6) is -5.62. The van der Waals surface area contributed by atoms with Gasteiger partial charge in [-0.3, -0.25) is 14.4 Å². The summed E-state index contributed by atoms with van der Waals surface area (Å²) in [5, 5.41) is 30.8. The van der Waals surface area contributed by atoms with E-state index in [-0.39, 0.29) is 35.1 Å². The maximum atomic E-state index is 12.7. The van der Waals surface area contributed by atoms with Crippen LogP contribution in [0.4, 0.5) is 0 Å². The third-order valence-corrected chi connectivity index (χ3v) is 6.26. The normalized spacial score (nSPS) is 23.2. The number of hydrogen-bond acceptors (Lipinski definition) is 12. The fourth-order valence-electron chi connectivity index (χ4n) is 4.11. The highest BCUT2D eigenvalue weighted by molar-refractivity contribution is 5.98. The molecular formula is C25H28O12. The standard InChI is InChI=1S/C25H28O12/c1-10-11(2)23(35-13(4)27)25(37-18(10)9-34-12(3)26)36-17-8-14-6-15(24(32)33-5)7-16(28)20(29)19(14)22(31)21(17)30/h6-8,10-11,18,23,25,30-31H,9H2,1-5H3,(H,28,29)/t10-,11+,18-,23-,25-/m1/s1. The van der Waals surface area contributed by atoms with Gasteiger partial charge in [0.15, 0.2) is 23.4 Å². The van der Waals surface area contributed by atoms with Crippen LogP contribution in [0.2, 0.25) is 0 Å². The summed E-state index contributed by atoms with van der Waals surface area (Å²) in [7, 11) is 1.11. The highest BCUT2D eigenvalue weighted by atomic mass is 16.7. The molecule has 2 aromatic rings. The van der Waals surface area contributed by atoms with E-state index in [2.05, 4.69) is 4.74 Å². The molecule has 0 aromatic heterocycles. The lowest BCUT2D eigenvalue weighted by Gasteiger charge is -2.43. The van der Waals surface area contributed by atoms with E-state index < -0.39 is 64.5 Å². The molecule has 1 saturated heterocycles.